The van der Waals surface area contributed by atoms with E-state index in [4.69, 9.17) is 14.2 Å². The van der Waals surface area contributed by atoms with Gasteiger partial charge in [-0.15, -0.1) is 0 Å². The molecule has 0 aliphatic carbocycles. The molecule has 0 heterocycles. The summed E-state index contributed by atoms with van der Waals surface area (Å²) in [6.07, 6.45) is 0.190. The Kier molecular flexibility index (Phi) is 8.74. The summed E-state index contributed by atoms with van der Waals surface area (Å²) in [5.74, 6) is -2.62. The van der Waals surface area contributed by atoms with Gasteiger partial charge in [-0.3, -0.25) is 4.79 Å². The van der Waals surface area contributed by atoms with Crippen LogP contribution in [0.25, 0.3) is 0 Å². The summed E-state index contributed by atoms with van der Waals surface area (Å²) in [5.41, 5.74) is 0.758. The number of ether oxygens (including phenoxy) is 4. The number of amides is 1. The molecule has 1 atom stereocenters. The largest absolute Gasteiger partial charge is 0.493 e. The van der Waals surface area contributed by atoms with Crippen LogP contribution in [0.4, 0.5) is 8.78 Å². The first-order valence-corrected chi connectivity index (χ1v) is 9.05. The minimum atomic E-state index is -3.06. The molecule has 0 bridgehead atoms. The van der Waals surface area contributed by atoms with Gasteiger partial charge >= 0.3 is 18.6 Å². The molecule has 2 aromatic carbocycles. The topological polar surface area (TPSA) is 100 Å². The minimum Gasteiger partial charge on any atom is -0.493 e. The highest BCUT2D eigenvalue weighted by Gasteiger charge is 2.23. The molecule has 0 fully saturated rings. The molecule has 2 aromatic rings. The summed E-state index contributed by atoms with van der Waals surface area (Å²) in [6.45, 7) is -3.73. The van der Waals surface area contributed by atoms with Crippen molar-refractivity contribution in [1.29, 1.82) is 0 Å². The van der Waals surface area contributed by atoms with Gasteiger partial charge < -0.3 is 24.3 Å². The van der Waals surface area contributed by atoms with E-state index in [1.165, 1.54) is 20.3 Å². The first-order chi connectivity index (χ1) is 14.8. The average molecular weight is 437 g/mol. The lowest BCUT2D eigenvalue weighted by Crippen LogP contribution is -2.44. The highest BCUT2D eigenvalue weighted by Crippen LogP contribution is 2.29. The predicted molar refractivity (Wildman–Crippen MR) is 104 cm³/mol. The Morgan fingerprint density at radius 1 is 1.00 bits per heavy atom. The molecule has 0 aliphatic heterocycles. The zero-order valence-electron chi connectivity index (χ0n) is 16.8. The van der Waals surface area contributed by atoms with Crippen LogP contribution in [-0.2, 0) is 25.5 Å². The molecule has 2 rings (SSSR count). The van der Waals surface area contributed by atoms with Crippen molar-refractivity contribution in [2.45, 2.75) is 19.1 Å². The highest BCUT2D eigenvalue weighted by molar-refractivity contribution is 5.92. The Bertz CT molecular complexity index is 906. The van der Waals surface area contributed by atoms with Gasteiger partial charge in [0.15, 0.2) is 18.1 Å². The Morgan fingerprint density at radius 2 is 1.71 bits per heavy atom. The molecule has 1 N–H and O–H groups in total. The first kappa shape index (κ1) is 23.6. The van der Waals surface area contributed by atoms with Crippen LogP contribution in [0, 0.1) is 0 Å². The fourth-order valence-corrected chi connectivity index (χ4v) is 2.62. The molecule has 0 radical (unpaired) electrons. The van der Waals surface area contributed by atoms with Crippen LogP contribution in [0.15, 0.2) is 48.5 Å². The third-order valence-electron chi connectivity index (χ3n) is 4.05. The van der Waals surface area contributed by atoms with Gasteiger partial charge in [0.25, 0.3) is 5.91 Å². The van der Waals surface area contributed by atoms with Crippen molar-refractivity contribution in [3.05, 3.63) is 59.7 Å². The fourth-order valence-electron chi connectivity index (χ4n) is 2.62. The summed E-state index contributed by atoms with van der Waals surface area (Å²) in [6, 6.07) is 11.5. The number of methoxy groups -OCH3 is 2. The minimum absolute atomic E-state index is 0.0416. The lowest BCUT2D eigenvalue weighted by atomic mass is 10.1. The van der Waals surface area contributed by atoms with Gasteiger partial charge in [0.2, 0.25) is 0 Å². The van der Waals surface area contributed by atoms with Gasteiger partial charge in [0, 0.05) is 6.42 Å². The van der Waals surface area contributed by atoms with E-state index in [1.807, 2.05) is 6.07 Å². The van der Waals surface area contributed by atoms with Gasteiger partial charge in [-0.25, -0.2) is 9.59 Å². The molecular formula is C21H21F2NO7. The number of hydrogen-bond donors (Lipinski definition) is 1. The van der Waals surface area contributed by atoms with Crippen LogP contribution in [0.5, 0.6) is 11.5 Å². The standard InChI is InChI=1S/C21H21F2NO7/c1-28-17-11-14(8-9-16(17)31-21(22)23)19(26)30-12-18(25)24-15(20(27)29-2)10-13-6-4-3-5-7-13/h3-9,11,15,21H,10,12H2,1-2H3,(H,24,25). The molecule has 0 saturated carbocycles. The van der Waals surface area contributed by atoms with Crippen molar-refractivity contribution in [3.8, 4) is 11.5 Å². The normalized spacial score (nSPS) is 11.4. The zero-order valence-corrected chi connectivity index (χ0v) is 16.8. The number of carbonyl (C=O) groups is 3. The smallest absolute Gasteiger partial charge is 0.387 e. The van der Waals surface area contributed by atoms with Crippen LogP contribution in [0.2, 0.25) is 0 Å². The van der Waals surface area contributed by atoms with Crippen molar-refractivity contribution >= 4 is 17.8 Å². The molecule has 1 amide bonds. The number of alkyl halides is 2. The Balaban J connectivity index is 1.97. The summed E-state index contributed by atoms with van der Waals surface area (Å²) in [5, 5.41) is 2.46. The third-order valence-corrected chi connectivity index (χ3v) is 4.05. The number of nitrogens with one attached hydrogen (secondary N) is 1. The lowest BCUT2D eigenvalue weighted by molar-refractivity contribution is -0.145. The third kappa shape index (κ3) is 7.25. The Hall–Kier alpha value is -3.69. The number of hydrogen-bond acceptors (Lipinski definition) is 7. The fraction of sp³-hybridized carbons (Fsp3) is 0.286. The summed E-state index contributed by atoms with van der Waals surface area (Å²) < 4.78 is 43.6. The average Bonchev–Trinajstić information content (AvgIpc) is 2.77. The van der Waals surface area contributed by atoms with Crippen LogP contribution < -0.4 is 14.8 Å². The molecule has 8 nitrogen and oxygen atoms in total. The number of halogens is 2. The molecule has 0 spiro atoms. The van der Waals surface area contributed by atoms with Crippen molar-refractivity contribution in [1.82, 2.24) is 5.32 Å². The molecule has 166 valence electrons. The molecule has 10 heteroatoms. The summed E-state index contributed by atoms with van der Waals surface area (Å²) in [4.78, 5) is 36.3. The van der Waals surface area contributed by atoms with Crippen LogP contribution in [-0.4, -0.2) is 51.3 Å². The van der Waals surface area contributed by atoms with Crippen LogP contribution in [0.1, 0.15) is 15.9 Å². The maximum absolute atomic E-state index is 12.4. The van der Waals surface area contributed by atoms with E-state index in [9.17, 15) is 23.2 Å². The van der Waals surface area contributed by atoms with Gasteiger partial charge in [-0.1, -0.05) is 30.3 Å². The van der Waals surface area contributed by atoms with Gasteiger partial charge in [0.05, 0.1) is 19.8 Å². The first-order valence-electron chi connectivity index (χ1n) is 9.05. The quantitative estimate of drug-likeness (QED) is 0.570. The van der Waals surface area contributed by atoms with Gasteiger partial charge in [0.1, 0.15) is 6.04 Å². The van der Waals surface area contributed by atoms with E-state index in [0.717, 1.165) is 17.7 Å². The number of carbonyl (C=O) groups excluding carboxylic acids is 3. The van der Waals surface area contributed by atoms with E-state index < -0.39 is 37.1 Å². The van der Waals surface area contributed by atoms with Crippen molar-refractivity contribution in [3.63, 3.8) is 0 Å². The van der Waals surface area contributed by atoms with Crippen molar-refractivity contribution in [2.75, 3.05) is 20.8 Å². The number of esters is 2. The van der Waals surface area contributed by atoms with E-state index in [0.29, 0.717) is 0 Å². The molecule has 0 saturated heterocycles. The Morgan fingerprint density at radius 3 is 2.32 bits per heavy atom. The lowest BCUT2D eigenvalue weighted by Gasteiger charge is -2.16. The van der Waals surface area contributed by atoms with Gasteiger partial charge in [-0.05, 0) is 23.8 Å². The maximum atomic E-state index is 12.4. The molecule has 31 heavy (non-hydrogen) atoms. The van der Waals surface area contributed by atoms with Crippen LogP contribution in [0.3, 0.4) is 0 Å². The second-order valence-corrected chi connectivity index (χ2v) is 6.15. The van der Waals surface area contributed by atoms with Crippen LogP contribution >= 0.6 is 0 Å². The molecule has 1 unspecified atom stereocenters. The molecule has 0 aromatic heterocycles. The number of rotatable bonds is 10. The maximum Gasteiger partial charge on any atom is 0.387 e. The van der Waals surface area contributed by atoms with Crippen molar-refractivity contribution in [2.24, 2.45) is 0 Å². The van der Waals surface area contributed by atoms with E-state index in [2.05, 4.69) is 10.1 Å². The van der Waals surface area contributed by atoms with E-state index in [-0.39, 0.29) is 23.5 Å². The summed E-state index contributed by atoms with van der Waals surface area (Å²) >= 11 is 0. The van der Waals surface area contributed by atoms with Gasteiger partial charge in [-0.2, -0.15) is 8.78 Å². The summed E-state index contributed by atoms with van der Waals surface area (Å²) in [7, 11) is 2.41. The van der Waals surface area contributed by atoms with E-state index >= 15 is 0 Å². The molecular weight excluding hydrogens is 416 g/mol. The highest BCUT2D eigenvalue weighted by atomic mass is 19.3. The number of benzene rings is 2. The Labute approximate surface area is 177 Å². The second-order valence-electron chi connectivity index (χ2n) is 6.15. The predicted octanol–water partition coefficient (Wildman–Crippen LogP) is 2.35. The monoisotopic (exact) mass is 437 g/mol. The second kappa shape index (κ2) is 11.5. The molecule has 0 aliphatic rings. The van der Waals surface area contributed by atoms with Crippen molar-refractivity contribution < 1.29 is 42.1 Å². The zero-order chi connectivity index (χ0) is 22.8. The SMILES string of the molecule is COC(=O)C(Cc1ccccc1)NC(=O)COC(=O)c1ccc(OC(F)F)c(OC)c1. The van der Waals surface area contributed by atoms with E-state index in [1.54, 1.807) is 24.3 Å².